The van der Waals surface area contributed by atoms with E-state index in [1.54, 1.807) is 25.1 Å². The van der Waals surface area contributed by atoms with Gasteiger partial charge in [0.15, 0.2) is 6.10 Å². The highest BCUT2D eigenvalue weighted by Crippen LogP contribution is 2.30. The first kappa shape index (κ1) is 18.6. The molecular weight excluding hydrogens is 345 g/mol. The molecule has 1 atom stereocenters. The number of para-hydroxylation sites is 1. The number of carbonyl (C=O) groups excluding carboxylic acids is 1. The van der Waals surface area contributed by atoms with Gasteiger partial charge in [0.05, 0.1) is 5.02 Å². The molecule has 0 aliphatic rings. The van der Waals surface area contributed by atoms with Gasteiger partial charge in [-0.3, -0.25) is 4.79 Å². The van der Waals surface area contributed by atoms with E-state index in [-0.39, 0.29) is 5.91 Å². The number of ether oxygens (including phenoxy) is 1. The van der Waals surface area contributed by atoms with Gasteiger partial charge in [-0.05, 0) is 49.1 Å². The van der Waals surface area contributed by atoms with Crippen LogP contribution < -0.4 is 10.1 Å². The number of carbonyl (C=O) groups is 1. The molecule has 24 heavy (non-hydrogen) atoms. The molecule has 0 aliphatic heterocycles. The van der Waals surface area contributed by atoms with E-state index < -0.39 is 6.10 Å². The maximum atomic E-state index is 12.5. The number of benzene rings is 2. The summed E-state index contributed by atoms with van der Waals surface area (Å²) in [6.45, 7) is 7.85. The number of anilines is 1. The summed E-state index contributed by atoms with van der Waals surface area (Å²) >= 11 is 12.0. The number of aryl methyl sites for hydroxylation is 1. The van der Waals surface area contributed by atoms with Crippen molar-refractivity contribution in [1.29, 1.82) is 0 Å². The van der Waals surface area contributed by atoms with Crippen LogP contribution in [0, 0.1) is 6.92 Å². The first-order valence-electron chi connectivity index (χ1n) is 7.81. The lowest BCUT2D eigenvalue weighted by Gasteiger charge is -2.20. The average molecular weight is 366 g/mol. The third-order valence-corrected chi connectivity index (χ3v) is 4.27. The minimum absolute atomic E-state index is 0.225. The summed E-state index contributed by atoms with van der Waals surface area (Å²) in [4.78, 5) is 12.5. The number of rotatable bonds is 5. The Kier molecular flexibility index (Phi) is 6.14. The van der Waals surface area contributed by atoms with Crippen molar-refractivity contribution in [3.63, 3.8) is 0 Å². The van der Waals surface area contributed by atoms with Crippen LogP contribution in [0.2, 0.25) is 10.0 Å². The second-order valence-electron chi connectivity index (χ2n) is 6.02. The third-order valence-electron chi connectivity index (χ3n) is 3.74. The molecule has 0 saturated heterocycles. The van der Waals surface area contributed by atoms with Crippen molar-refractivity contribution in [1.82, 2.24) is 0 Å². The maximum absolute atomic E-state index is 12.5. The molecule has 0 spiro atoms. The van der Waals surface area contributed by atoms with Crippen LogP contribution in [0.15, 0.2) is 36.4 Å². The summed E-state index contributed by atoms with van der Waals surface area (Å²) in [7, 11) is 0. The Hall–Kier alpha value is -1.71. The predicted molar refractivity (Wildman–Crippen MR) is 100 cm³/mol. The van der Waals surface area contributed by atoms with Crippen LogP contribution in [0.1, 0.15) is 37.8 Å². The van der Waals surface area contributed by atoms with Gasteiger partial charge in [0.1, 0.15) is 5.75 Å². The van der Waals surface area contributed by atoms with Crippen LogP contribution in [0.4, 0.5) is 5.69 Å². The van der Waals surface area contributed by atoms with Crippen molar-refractivity contribution in [3.8, 4) is 5.75 Å². The van der Waals surface area contributed by atoms with Crippen LogP contribution in [0.3, 0.4) is 0 Å². The van der Waals surface area contributed by atoms with E-state index in [1.807, 2.05) is 25.1 Å². The summed E-state index contributed by atoms with van der Waals surface area (Å²) in [5, 5.41) is 3.87. The minimum Gasteiger partial charge on any atom is -0.479 e. The Bertz CT molecular complexity index is 744. The molecule has 0 fully saturated rings. The molecule has 0 radical (unpaired) electrons. The van der Waals surface area contributed by atoms with E-state index in [9.17, 15) is 4.79 Å². The number of nitrogens with one attached hydrogen (secondary N) is 1. The molecule has 0 heterocycles. The molecule has 3 nitrogen and oxygen atoms in total. The van der Waals surface area contributed by atoms with E-state index in [4.69, 9.17) is 27.9 Å². The van der Waals surface area contributed by atoms with Gasteiger partial charge in [-0.15, -0.1) is 0 Å². The molecule has 0 saturated carbocycles. The zero-order valence-electron chi connectivity index (χ0n) is 14.2. The fraction of sp³-hybridized carbons (Fsp3) is 0.316. The van der Waals surface area contributed by atoms with Gasteiger partial charge in [0.2, 0.25) is 0 Å². The van der Waals surface area contributed by atoms with Gasteiger partial charge in [-0.1, -0.05) is 55.2 Å². The van der Waals surface area contributed by atoms with Crippen LogP contribution in [-0.2, 0) is 4.79 Å². The Labute approximate surface area is 152 Å². The van der Waals surface area contributed by atoms with Gasteiger partial charge < -0.3 is 10.1 Å². The van der Waals surface area contributed by atoms with E-state index in [1.165, 1.54) is 0 Å². The molecule has 0 aromatic heterocycles. The van der Waals surface area contributed by atoms with Gasteiger partial charge in [-0.2, -0.15) is 0 Å². The second kappa shape index (κ2) is 7.91. The predicted octanol–water partition coefficient (Wildman–Crippen LogP) is 5.83. The standard InChI is InChI=1S/C19H21Cl2NO2/c1-11(2)15-7-5-6-12(3)18(15)22-19(23)13(4)24-17-9-8-14(20)10-16(17)21/h5-11,13H,1-4H3,(H,22,23)/t13-/m1/s1. The lowest BCUT2D eigenvalue weighted by molar-refractivity contribution is -0.122. The molecule has 2 rings (SSSR count). The molecule has 2 aromatic carbocycles. The normalized spacial score (nSPS) is 12.1. The fourth-order valence-corrected chi connectivity index (χ4v) is 2.83. The SMILES string of the molecule is Cc1cccc(C(C)C)c1NC(=O)[C@@H](C)Oc1ccc(Cl)cc1Cl. The van der Waals surface area contributed by atoms with Crippen LogP contribution in [-0.4, -0.2) is 12.0 Å². The van der Waals surface area contributed by atoms with E-state index >= 15 is 0 Å². The van der Waals surface area contributed by atoms with Gasteiger partial charge in [-0.25, -0.2) is 0 Å². The van der Waals surface area contributed by atoms with Crippen molar-refractivity contribution < 1.29 is 9.53 Å². The summed E-state index contributed by atoms with van der Waals surface area (Å²) in [6.07, 6.45) is -0.691. The molecule has 1 N–H and O–H groups in total. The molecule has 1 amide bonds. The first-order chi connectivity index (χ1) is 11.3. The highest BCUT2D eigenvalue weighted by molar-refractivity contribution is 6.35. The highest BCUT2D eigenvalue weighted by Gasteiger charge is 2.19. The largest absolute Gasteiger partial charge is 0.479 e. The van der Waals surface area contributed by atoms with Gasteiger partial charge in [0.25, 0.3) is 5.91 Å². The monoisotopic (exact) mass is 365 g/mol. The van der Waals surface area contributed by atoms with E-state index in [0.29, 0.717) is 21.7 Å². The Balaban J connectivity index is 2.15. The van der Waals surface area contributed by atoms with E-state index in [0.717, 1.165) is 16.8 Å². The molecule has 0 unspecified atom stereocenters. The Morgan fingerprint density at radius 1 is 1.12 bits per heavy atom. The Morgan fingerprint density at radius 2 is 1.83 bits per heavy atom. The molecule has 0 aliphatic carbocycles. The van der Waals surface area contributed by atoms with Crippen molar-refractivity contribution >= 4 is 34.8 Å². The first-order valence-corrected chi connectivity index (χ1v) is 8.57. The smallest absolute Gasteiger partial charge is 0.265 e. The quantitative estimate of drug-likeness (QED) is 0.723. The third kappa shape index (κ3) is 4.43. The zero-order valence-corrected chi connectivity index (χ0v) is 15.7. The second-order valence-corrected chi connectivity index (χ2v) is 6.86. The molecule has 128 valence electrons. The van der Waals surface area contributed by atoms with Crippen molar-refractivity contribution in [2.75, 3.05) is 5.32 Å². The molecule has 2 aromatic rings. The number of amides is 1. The van der Waals surface area contributed by atoms with Crippen LogP contribution >= 0.6 is 23.2 Å². The molecular formula is C19H21Cl2NO2. The van der Waals surface area contributed by atoms with Crippen molar-refractivity contribution in [2.45, 2.75) is 39.7 Å². The minimum atomic E-state index is -0.691. The summed E-state index contributed by atoms with van der Waals surface area (Å²) in [6, 6.07) is 10.9. The number of halogens is 2. The van der Waals surface area contributed by atoms with Crippen LogP contribution in [0.5, 0.6) is 5.75 Å². The molecule has 5 heteroatoms. The average Bonchev–Trinajstić information content (AvgIpc) is 2.51. The number of hydrogen-bond donors (Lipinski definition) is 1. The topological polar surface area (TPSA) is 38.3 Å². The lowest BCUT2D eigenvalue weighted by Crippen LogP contribution is -2.31. The number of hydrogen-bond acceptors (Lipinski definition) is 2. The highest BCUT2D eigenvalue weighted by atomic mass is 35.5. The fourth-order valence-electron chi connectivity index (χ4n) is 2.38. The molecule has 0 bridgehead atoms. The van der Waals surface area contributed by atoms with Crippen molar-refractivity contribution in [3.05, 3.63) is 57.6 Å². The van der Waals surface area contributed by atoms with Crippen molar-refractivity contribution in [2.24, 2.45) is 0 Å². The lowest BCUT2D eigenvalue weighted by atomic mass is 9.98. The summed E-state index contributed by atoms with van der Waals surface area (Å²) in [5.41, 5.74) is 2.96. The van der Waals surface area contributed by atoms with Gasteiger partial charge in [0, 0.05) is 10.7 Å². The van der Waals surface area contributed by atoms with Gasteiger partial charge >= 0.3 is 0 Å². The maximum Gasteiger partial charge on any atom is 0.265 e. The van der Waals surface area contributed by atoms with E-state index in [2.05, 4.69) is 19.2 Å². The summed E-state index contributed by atoms with van der Waals surface area (Å²) < 4.78 is 5.67. The summed E-state index contributed by atoms with van der Waals surface area (Å²) in [5.74, 6) is 0.511. The zero-order chi connectivity index (χ0) is 17.9. The van der Waals surface area contributed by atoms with Crippen LogP contribution in [0.25, 0.3) is 0 Å². The Morgan fingerprint density at radius 3 is 2.46 bits per heavy atom.